The molecule has 0 aliphatic carbocycles. The molecule has 1 amide bonds. The van der Waals surface area contributed by atoms with Crippen LogP contribution < -0.4 is 14.2 Å². The first kappa shape index (κ1) is 26.5. The molecule has 0 bridgehead atoms. The zero-order valence-corrected chi connectivity index (χ0v) is 22.5. The lowest BCUT2D eigenvalue weighted by atomic mass is 9.94. The minimum Gasteiger partial charge on any atom is -0.507 e. The third-order valence-electron chi connectivity index (χ3n) is 6.88. The van der Waals surface area contributed by atoms with Gasteiger partial charge in [0.1, 0.15) is 5.76 Å². The molecule has 1 saturated heterocycles. The molecule has 40 heavy (non-hydrogen) atoms. The Labute approximate surface area is 231 Å². The van der Waals surface area contributed by atoms with Gasteiger partial charge in [-0.3, -0.25) is 14.6 Å². The lowest BCUT2D eigenvalue weighted by Crippen LogP contribution is -2.29. The fourth-order valence-electron chi connectivity index (χ4n) is 4.95. The number of aromatic nitrogens is 3. The number of ether oxygens (including phenoxy) is 3. The average molecular weight is 541 g/mol. The molecule has 1 unspecified atom stereocenters. The largest absolute Gasteiger partial charge is 0.507 e. The van der Waals surface area contributed by atoms with Gasteiger partial charge in [-0.05, 0) is 48.4 Å². The van der Waals surface area contributed by atoms with Gasteiger partial charge >= 0.3 is 0 Å². The molecule has 1 atom stereocenters. The number of pyridine rings is 1. The van der Waals surface area contributed by atoms with E-state index in [4.69, 9.17) is 14.2 Å². The number of nitrogens with zero attached hydrogens (tertiary/aromatic N) is 4. The van der Waals surface area contributed by atoms with Gasteiger partial charge in [-0.2, -0.15) is 5.10 Å². The lowest BCUT2D eigenvalue weighted by Gasteiger charge is -2.26. The van der Waals surface area contributed by atoms with Crippen molar-refractivity contribution in [3.63, 3.8) is 0 Å². The van der Waals surface area contributed by atoms with Crippen LogP contribution in [-0.2, 0) is 16.1 Å². The predicted octanol–water partition coefficient (Wildman–Crippen LogP) is 4.22. The van der Waals surface area contributed by atoms with Crippen LogP contribution in [0.5, 0.6) is 17.2 Å². The van der Waals surface area contributed by atoms with Crippen LogP contribution in [0, 0.1) is 6.92 Å². The van der Waals surface area contributed by atoms with Crippen molar-refractivity contribution in [1.82, 2.24) is 19.7 Å². The van der Waals surface area contributed by atoms with E-state index in [1.165, 1.54) is 32.4 Å². The van der Waals surface area contributed by atoms with Gasteiger partial charge in [0, 0.05) is 18.9 Å². The highest BCUT2D eigenvalue weighted by Crippen LogP contribution is 2.46. The van der Waals surface area contributed by atoms with Gasteiger partial charge in [0.25, 0.3) is 11.7 Å². The number of hydrogen-bond acceptors (Lipinski definition) is 8. The van der Waals surface area contributed by atoms with Gasteiger partial charge in [-0.15, -0.1) is 0 Å². The Morgan fingerprint density at radius 2 is 1.65 bits per heavy atom. The summed E-state index contributed by atoms with van der Waals surface area (Å²) in [6.07, 6.45) is 4.74. The number of aliphatic hydroxyl groups is 1. The fourth-order valence-corrected chi connectivity index (χ4v) is 4.95. The molecule has 5 rings (SSSR count). The molecule has 0 saturated carbocycles. The number of rotatable bonds is 8. The highest BCUT2D eigenvalue weighted by atomic mass is 16.5. The maximum Gasteiger partial charge on any atom is 0.295 e. The second-order valence-corrected chi connectivity index (χ2v) is 9.14. The van der Waals surface area contributed by atoms with Crippen LogP contribution in [0.25, 0.3) is 11.4 Å². The summed E-state index contributed by atoms with van der Waals surface area (Å²) in [7, 11) is 4.45. The summed E-state index contributed by atoms with van der Waals surface area (Å²) in [5.41, 5.74) is 2.87. The SMILES string of the molecule is COc1cc(C2/C(=C(\O)c3cnn(-c4ccccc4)c3C)C(=O)C(=O)N2Cc2cccnc2)cc(OC)c1OC. The van der Waals surface area contributed by atoms with E-state index in [0.717, 1.165) is 11.3 Å². The summed E-state index contributed by atoms with van der Waals surface area (Å²) in [5.74, 6) is -0.846. The second kappa shape index (κ2) is 10.9. The quantitative estimate of drug-likeness (QED) is 0.201. The minimum absolute atomic E-state index is 0.0705. The van der Waals surface area contributed by atoms with Crippen molar-refractivity contribution < 1.29 is 28.9 Å². The van der Waals surface area contributed by atoms with E-state index in [2.05, 4.69) is 10.1 Å². The van der Waals surface area contributed by atoms with Gasteiger partial charge in [0.2, 0.25) is 5.75 Å². The monoisotopic (exact) mass is 540 g/mol. The second-order valence-electron chi connectivity index (χ2n) is 9.14. The number of methoxy groups -OCH3 is 3. The molecule has 1 aliphatic rings. The van der Waals surface area contributed by atoms with Crippen LogP contribution in [0.3, 0.4) is 0 Å². The topological polar surface area (TPSA) is 116 Å². The maximum absolute atomic E-state index is 13.6. The van der Waals surface area contributed by atoms with Crippen molar-refractivity contribution in [1.29, 1.82) is 0 Å². The number of hydrogen-bond donors (Lipinski definition) is 1. The lowest BCUT2D eigenvalue weighted by molar-refractivity contribution is -0.140. The van der Waals surface area contributed by atoms with E-state index < -0.39 is 17.7 Å². The molecule has 2 aromatic carbocycles. The van der Waals surface area contributed by atoms with E-state index in [9.17, 15) is 14.7 Å². The summed E-state index contributed by atoms with van der Waals surface area (Å²) < 4.78 is 18.2. The number of Topliss-reactive ketones (excluding diaryl/α,β-unsaturated/α-hetero) is 1. The molecule has 0 radical (unpaired) electrons. The normalized spacial score (nSPS) is 16.3. The average Bonchev–Trinajstić information content (AvgIpc) is 3.49. The summed E-state index contributed by atoms with van der Waals surface area (Å²) in [6.45, 7) is 1.87. The highest BCUT2D eigenvalue weighted by molar-refractivity contribution is 6.46. The summed E-state index contributed by atoms with van der Waals surface area (Å²) >= 11 is 0. The fraction of sp³-hybridized carbons (Fsp3) is 0.200. The Hall–Kier alpha value is -5.12. The van der Waals surface area contributed by atoms with Crippen molar-refractivity contribution in [2.75, 3.05) is 21.3 Å². The molecular weight excluding hydrogens is 512 g/mol. The van der Waals surface area contributed by atoms with Crippen LogP contribution in [-0.4, -0.2) is 57.8 Å². The highest BCUT2D eigenvalue weighted by Gasteiger charge is 2.47. The Bertz CT molecular complexity index is 1570. The van der Waals surface area contributed by atoms with Crippen LogP contribution in [0.15, 0.2) is 78.8 Å². The maximum atomic E-state index is 13.6. The van der Waals surface area contributed by atoms with Crippen LogP contribution in [0.4, 0.5) is 0 Å². The van der Waals surface area contributed by atoms with Gasteiger partial charge in [0.15, 0.2) is 11.5 Å². The molecule has 1 N–H and O–H groups in total. The molecule has 4 aromatic rings. The Morgan fingerprint density at radius 3 is 2.25 bits per heavy atom. The first-order chi connectivity index (χ1) is 19.4. The minimum atomic E-state index is -0.964. The molecular formula is C30H28N4O6. The number of para-hydroxylation sites is 1. The number of ketones is 1. The third kappa shape index (κ3) is 4.53. The van der Waals surface area contributed by atoms with E-state index in [-0.39, 0.29) is 17.9 Å². The van der Waals surface area contributed by atoms with Crippen molar-refractivity contribution in [3.05, 3.63) is 101 Å². The summed E-state index contributed by atoms with van der Waals surface area (Å²) in [6, 6.07) is 15.4. The van der Waals surface area contributed by atoms with E-state index in [1.54, 1.807) is 42.2 Å². The van der Waals surface area contributed by atoms with Crippen LogP contribution in [0.1, 0.15) is 28.4 Å². The molecule has 10 nitrogen and oxygen atoms in total. The number of likely N-dealkylation sites (tertiary alicyclic amines) is 1. The van der Waals surface area contributed by atoms with Gasteiger partial charge in [-0.25, -0.2) is 4.68 Å². The number of aliphatic hydroxyl groups excluding tert-OH is 1. The van der Waals surface area contributed by atoms with Gasteiger partial charge < -0.3 is 24.2 Å². The molecule has 1 aliphatic heterocycles. The zero-order chi connectivity index (χ0) is 28.4. The van der Waals surface area contributed by atoms with Crippen LogP contribution >= 0.6 is 0 Å². The Balaban J connectivity index is 1.71. The standard InChI is InChI=1S/C30H28N4O6/c1-18-22(16-32-34(18)21-10-6-5-7-11-21)27(35)25-26(20-13-23(38-2)29(40-4)24(14-20)39-3)33(30(37)28(25)36)17-19-9-8-12-31-15-19/h5-16,26,35H,17H2,1-4H3/b27-25+. The van der Waals surface area contributed by atoms with E-state index in [1.807, 2.05) is 36.4 Å². The number of benzene rings is 2. The third-order valence-corrected chi connectivity index (χ3v) is 6.88. The van der Waals surface area contributed by atoms with Gasteiger partial charge in [-0.1, -0.05) is 24.3 Å². The van der Waals surface area contributed by atoms with E-state index in [0.29, 0.717) is 34.1 Å². The Morgan fingerprint density at radius 1 is 0.950 bits per heavy atom. The predicted molar refractivity (Wildman–Crippen MR) is 146 cm³/mol. The summed E-state index contributed by atoms with van der Waals surface area (Å²) in [5, 5.41) is 16.1. The molecule has 0 spiro atoms. The van der Waals surface area contributed by atoms with Crippen molar-refractivity contribution in [2.24, 2.45) is 0 Å². The molecule has 10 heteroatoms. The molecule has 204 valence electrons. The molecule has 3 heterocycles. The number of carbonyl (C=O) groups excluding carboxylic acids is 2. The van der Waals surface area contributed by atoms with Crippen LogP contribution in [0.2, 0.25) is 0 Å². The van der Waals surface area contributed by atoms with Crippen molar-refractivity contribution >= 4 is 17.4 Å². The summed E-state index contributed by atoms with van der Waals surface area (Å²) in [4.78, 5) is 32.6. The molecule has 1 fully saturated rings. The van der Waals surface area contributed by atoms with Crippen molar-refractivity contribution in [2.45, 2.75) is 19.5 Å². The number of amides is 1. The first-order valence-corrected chi connectivity index (χ1v) is 12.5. The van der Waals surface area contributed by atoms with E-state index >= 15 is 0 Å². The first-order valence-electron chi connectivity index (χ1n) is 12.5. The smallest absolute Gasteiger partial charge is 0.295 e. The Kier molecular flexibility index (Phi) is 7.24. The number of carbonyl (C=O) groups is 2. The van der Waals surface area contributed by atoms with Gasteiger partial charge in [0.05, 0.1) is 56.1 Å². The molecule has 2 aromatic heterocycles. The van der Waals surface area contributed by atoms with Crippen molar-refractivity contribution in [3.8, 4) is 22.9 Å². The zero-order valence-electron chi connectivity index (χ0n) is 22.5.